The average molecular weight is 873 g/mol. The Bertz CT molecular complexity index is 1050. The van der Waals surface area contributed by atoms with Crippen LogP contribution in [-0.4, -0.2) is 93.3 Å². The van der Waals surface area contributed by atoms with Crippen molar-refractivity contribution in [1.29, 1.82) is 0 Å². The lowest BCUT2D eigenvalue weighted by Gasteiger charge is -2.09. The van der Waals surface area contributed by atoms with Crippen molar-refractivity contribution in [2.45, 2.75) is 124 Å². The smallest absolute Gasteiger partial charge is 0.202 e. The summed E-state index contributed by atoms with van der Waals surface area (Å²) in [6, 6.07) is 0. The van der Waals surface area contributed by atoms with Gasteiger partial charge >= 0.3 is 0 Å². The molecule has 7 heteroatoms. The predicted molar refractivity (Wildman–Crippen MR) is 289 cm³/mol. The summed E-state index contributed by atoms with van der Waals surface area (Å²) in [6.07, 6.45) is 34.2. The molecule has 0 aromatic heterocycles. The van der Waals surface area contributed by atoms with Gasteiger partial charge < -0.3 is 14.4 Å². The van der Waals surface area contributed by atoms with Crippen molar-refractivity contribution in [3.63, 3.8) is 0 Å². The fraction of sp³-hybridized carbons (Fsp3) is 0.509. The molecule has 3 heterocycles. The molecule has 0 spiro atoms. The van der Waals surface area contributed by atoms with E-state index >= 15 is 0 Å². The lowest BCUT2D eigenvalue weighted by molar-refractivity contribution is -0.113. The Kier molecular flexibility index (Phi) is 144. The topological polar surface area (TPSA) is 79.2 Å². The first-order chi connectivity index (χ1) is 27.5. The standard InChI is InChI=1S/C8H14.C7H13N.C6H8O.C5H8.C4H6O.C4H4O.C3H7N.2C3H6O.C3H6.C3H4.C2H6.4CH4/c2*1-4-6-8(3)7-5-2;1-3-4-5-6(2)7;1-3-5-4-2;2*1-3-4(2)5;1-4-2-3-4;1-3-2-4-3;1-2-4-3-1;2*1-3-2;1-2;;;;/h4-5,8H,1-2,6-7H2,3H3;4-5H,1-2,6-7H2,3H3;3-5H,1H2,2H3;3-5H,1H2,2H3;3H,1H2,2H3;1H,2H3;2-3H2,1H3;3H,2H2,1H3;1-3H2;3H,1H2,2H3;1H,2H3;1-2H3;4*1H4. The van der Waals surface area contributed by atoms with Gasteiger partial charge in [-0.2, -0.15) is 0 Å². The number of carbonyl (C=O) groups excluding carboxylic acids is 3. The van der Waals surface area contributed by atoms with Gasteiger partial charge in [0.25, 0.3) is 0 Å². The van der Waals surface area contributed by atoms with Gasteiger partial charge in [0.1, 0.15) is 0 Å². The number of Topliss-reactive ketones (excluding diaryl/α,β-unsaturated/α-hetero) is 1. The fourth-order valence-electron chi connectivity index (χ4n) is 1.86. The number of likely N-dealkylation sites (N-methyl/N-ethyl adjacent to an activating group) is 2. The Balaban J connectivity index is -0.0000000388. The number of terminal acetylenes is 2. The van der Waals surface area contributed by atoms with E-state index in [1.165, 1.54) is 52.4 Å². The number of epoxide rings is 1. The number of allylic oxidation sites excluding steroid dienone is 10. The minimum Gasteiger partial charge on any atom is -0.381 e. The van der Waals surface area contributed by atoms with Crippen LogP contribution in [0.15, 0.2) is 126 Å². The van der Waals surface area contributed by atoms with Gasteiger partial charge in [0.2, 0.25) is 5.78 Å². The number of hydrogen-bond donors (Lipinski definition) is 0. The van der Waals surface area contributed by atoms with Gasteiger partial charge in [-0.3, -0.25) is 19.3 Å². The minimum absolute atomic E-state index is 0. The minimum atomic E-state index is -0.218. The lowest BCUT2D eigenvalue weighted by Crippen LogP contribution is -2.17. The van der Waals surface area contributed by atoms with E-state index in [4.69, 9.17) is 9.47 Å². The summed E-state index contributed by atoms with van der Waals surface area (Å²) < 4.78 is 9.43. The van der Waals surface area contributed by atoms with Crippen LogP contribution in [-0.2, 0) is 23.9 Å². The van der Waals surface area contributed by atoms with Gasteiger partial charge in [-0.1, -0.05) is 131 Å². The first kappa shape index (κ1) is 92.6. The maximum atomic E-state index is 10.1. The highest BCUT2D eigenvalue weighted by atomic mass is 16.6. The van der Waals surface area contributed by atoms with E-state index < -0.39 is 0 Å². The van der Waals surface area contributed by atoms with Crippen molar-refractivity contribution >= 4 is 17.3 Å². The molecule has 364 valence electrons. The summed E-state index contributed by atoms with van der Waals surface area (Å²) >= 11 is 0. The second-order valence-corrected chi connectivity index (χ2v) is 11.5. The van der Waals surface area contributed by atoms with E-state index in [1.54, 1.807) is 31.2 Å². The molecule has 3 rings (SSSR count). The molecule has 62 heavy (non-hydrogen) atoms. The molecular formula is C55H104N2O5. The van der Waals surface area contributed by atoms with Gasteiger partial charge in [-0.15, -0.1) is 51.7 Å². The van der Waals surface area contributed by atoms with Crippen molar-refractivity contribution < 1.29 is 23.9 Å². The zero-order chi connectivity index (χ0) is 47.4. The van der Waals surface area contributed by atoms with Crippen LogP contribution in [0.5, 0.6) is 0 Å². The first-order valence-corrected chi connectivity index (χ1v) is 19.5. The van der Waals surface area contributed by atoms with Crippen LogP contribution < -0.4 is 0 Å². The number of rotatable bonds is 12. The Morgan fingerprint density at radius 2 is 1.06 bits per heavy atom. The van der Waals surface area contributed by atoms with E-state index in [2.05, 4.69) is 102 Å². The summed E-state index contributed by atoms with van der Waals surface area (Å²) in [7, 11) is 4.14. The second-order valence-electron chi connectivity index (χ2n) is 11.5. The van der Waals surface area contributed by atoms with Gasteiger partial charge in [-0.05, 0) is 98.9 Å². The second kappa shape index (κ2) is 96.3. The lowest BCUT2D eigenvalue weighted by atomic mass is 10.0. The van der Waals surface area contributed by atoms with E-state index in [-0.39, 0.29) is 47.1 Å². The molecule has 3 saturated heterocycles. The highest BCUT2D eigenvalue weighted by Gasteiger charge is 2.13. The normalized spacial score (nSPS) is 11.4. The molecular weight excluding hydrogens is 769 g/mol. The largest absolute Gasteiger partial charge is 0.381 e. The third-order valence-electron chi connectivity index (χ3n) is 5.05. The summed E-state index contributed by atoms with van der Waals surface area (Å²) in [4.78, 5) is 33.7. The maximum Gasteiger partial charge on any atom is 0.202 e. The summed E-state index contributed by atoms with van der Waals surface area (Å²) in [6.45, 7) is 53.5. The molecule has 0 N–H and O–H groups in total. The van der Waals surface area contributed by atoms with Crippen LogP contribution in [0.25, 0.3) is 0 Å². The van der Waals surface area contributed by atoms with Crippen LogP contribution in [0.1, 0.15) is 118 Å². The Labute approximate surface area is 390 Å². The van der Waals surface area contributed by atoms with Crippen LogP contribution in [0, 0.1) is 30.6 Å². The summed E-state index contributed by atoms with van der Waals surface area (Å²) in [5.41, 5.74) is 0. The molecule has 7 nitrogen and oxygen atoms in total. The zero-order valence-corrected chi connectivity index (χ0v) is 39.4. The van der Waals surface area contributed by atoms with Gasteiger partial charge in [0.05, 0.1) is 12.7 Å². The van der Waals surface area contributed by atoms with Crippen molar-refractivity contribution in [2.75, 3.05) is 60.1 Å². The van der Waals surface area contributed by atoms with E-state index in [0.717, 1.165) is 51.7 Å². The third-order valence-corrected chi connectivity index (χ3v) is 5.05. The highest BCUT2D eigenvalue weighted by Crippen LogP contribution is 2.06. The number of hydrogen-bond acceptors (Lipinski definition) is 7. The van der Waals surface area contributed by atoms with Crippen molar-refractivity contribution in [1.82, 2.24) is 9.80 Å². The molecule has 3 fully saturated rings. The first-order valence-electron chi connectivity index (χ1n) is 19.5. The molecule has 0 radical (unpaired) electrons. The number of nitrogens with zero attached hydrogens (tertiary/aromatic N) is 2. The SMILES string of the molecule is C.C.C.C.C#CC.C#CC(C)=O.C1COC1.C=CC.C=CC(C)=O.C=CC=CC.C=CC=CC(C)=O.C=CCC(C)CC=C.C=CCN(C)CC=C.CC.CC1CO1.CN1CC1. The summed E-state index contributed by atoms with van der Waals surface area (Å²) in [5.74, 6) is 4.72. The van der Waals surface area contributed by atoms with E-state index in [0.29, 0.717) is 6.10 Å². The van der Waals surface area contributed by atoms with E-state index in [1.807, 2.05) is 77.1 Å². The Morgan fingerprint density at radius 1 is 0.790 bits per heavy atom. The molecule has 3 aliphatic heterocycles. The van der Waals surface area contributed by atoms with Crippen LogP contribution in [0.2, 0.25) is 0 Å². The number of ketones is 3. The molecule has 0 aromatic carbocycles. The van der Waals surface area contributed by atoms with Crippen LogP contribution in [0.3, 0.4) is 0 Å². The van der Waals surface area contributed by atoms with Gasteiger partial charge in [-0.25, -0.2) is 0 Å². The van der Waals surface area contributed by atoms with Crippen molar-refractivity contribution in [3.05, 3.63) is 126 Å². The van der Waals surface area contributed by atoms with Crippen LogP contribution in [0.4, 0.5) is 0 Å². The summed E-state index contributed by atoms with van der Waals surface area (Å²) in [5, 5.41) is 0. The Morgan fingerprint density at radius 3 is 1.15 bits per heavy atom. The molecule has 0 amide bonds. The van der Waals surface area contributed by atoms with Gasteiger partial charge in [0, 0.05) is 46.3 Å². The Hall–Kier alpha value is -4.63. The third kappa shape index (κ3) is 218. The fourth-order valence-corrected chi connectivity index (χ4v) is 1.86. The molecule has 0 bridgehead atoms. The zero-order valence-electron chi connectivity index (χ0n) is 39.4. The van der Waals surface area contributed by atoms with Crippen molar-refractivity contribution in [2.24, 2.45) is 5.92 Å². The molecule has 0 saturated carbocycles. The predicted octanol–water partition coefficient (Wildman–Crippen LogP) is 14.2. The van der Waals surface area contributed by atoms with Gasteiger partial charge in [0.15, 0.2) is 11.6 Å². The molecule has 0 aromatic rings. The van der Waals surface area contributed by atoms with E-state index in [9.17, 15) is 14.4 Å². The van der Waals surface area contributed by atoms with Crippen LogP contribution >= 0.6 is 0 Å². The number of ether oxygens (including phenoxy) is 2. The number of carbonyl (C=O) groups is 3. The molecule has 3 aliphatic rings. The molecule has 1 atom stereocenters. The quantitative estimate of drug-likeness (QED) is 0.0482. The maximum absolute atomic E-state index is 10.1. The highest BCUT2D eigenvalue weighted by molar-refractivity contribution is 5.92. The average Bonchev–Trinajstić information content (AvgIpc) is 4.10. The molecule has 1 unspecified atom stereocenters. The van der Waals surface area contributed by atoms with Crippen molar-refractivity contribution in [3.8, 4) is 24.7 Å². The molecule has 0 aliphatic carbocycles. The monoisotopic (exact) mass is 873 g/mol.